The second-order valence-electron chi connectivity index (χ2n) is 10.3. The van der Waals surface area contributed by atoms with E-state index in [-0.39, 0.29) is 24.8 Å². The van der Waals surface area contributed by atoms with Gasteiger partial charge in [-0.2, -0.15) is 13.2 Å². The van der Waals surface area contributed by atoms with Gasteiger partial charge in [0, 0.05) is 11.5 Å². The summed E-state index contributed by atoms with van der Waals surface area (Å²) in [5.41, 5.74) is 0.657. The molecule has 2 aliphatic heterocycles. The Hall–Kier alpha value is -1.54. The van der Waals surface area contributed by atoms with Crippen LogP contribution in [0.15, 0.2) is 18.2 Å². The molecule has 3 fully saturated rings. The third-order valence-corrected chi connectivity index (χ3v) is 7.90. The van der Waals surface area contributed by atoms with Crippen LogP contribution in [0, 0.1) is 0 Å². The van der Waals surface area contributed by atoms with Crippen LogP contribution in [-0.4, -0.2) is 36.9 Å². The Balaban J connectivity index is 1.48. The molecular weight excluding hydrogens is 394 g/mol. The first kappa shape index (κ1) is 20.4. The smallest absolute Gasteiger partial charge is 0.403 e. The number of nitrogens with zero attached hydrogens (tertiary/aromatic N) is 1. The van der Waals surface area contributed by atoms with Gasteiger partial charge in [-0.15, -0.1) is 0 Å². The van der Waals surface area contributed by atoms with E-state index in [0.717, 1.165) is 28.9 Å². The third kappa shape index (κ3) is 2.79. The maximum absolute atomic E-state index is 13.2. The Morgan fingerprint density at radius 2 is 1.77 bits per heavy atom. The van der Waals surface area contributed by atoms with Crippen molar-refractivity contribution in [3.63, 3.8) is 0 Å². The van der Waals surface area contributed by atoms with Gasteiger partial charge < -0.3 is 14.2 Å². The summed E-state index contributed by atoms with van der Waals surface area (Å²) in [6.45, 7) is 6.84. The molecule has 0 bridgehead atoms. The highest BCUT2D eigenvalue weighted by molar-refractivity contribution is 6.49. The molecule has 2 aliphatic carbocycles. The van der Waals surface area contributed by atoms with Gasteiger partial charge in [0.25, 0.3) is 0 Å². The fraction of sp³-hybridized carbons (Fsp3) is 0.682. The van der Waals surface area contributed by atoms with Gasteiger partial charge in [0.15, 0.2) is 0 Å². The topological polar surface area (TPSA) is 38.8 Å². The molecule has 1 saturated heterocycles. The molecular formula is C22H27BF3NO3. The van der Waals surface area contributed by atoms with Gasteiger partial charge in [-0.25, -0.2) is 0 Å². The average Bonchev–Trinajstić information content (AvgIpc) is 3.28. The van der Waals surface area contributed by atoms with Crippen molar-refractivity contribution in [1.29, 1.82) is 0 Å². The molecule has 2 atom stereocenters. The van der Waals surface area contributed by atoms with Crippen molar-refractivity contribution in [2.45, 2.75) is 87.9 Å². The average molecular weight is 421 g/mol. The van der Waals surface area contributed by atoms with Crippen LogP contribution in [0.5, 0.6) is 0 Å². The van der Waals surface area contributed by atoms with E-state index in [1.54, 1.807) is 12.1 Å². The molecule has 162 valence electrons. The molecule has 0 N–H and O–H groups in total. The zero-order chi connectivity index (χ0) is 21.7. The van der Waals surface area contributed by atoms with Gasteiger partial charge in [-0.1, -0.05) is 18.6 Å². The maximum Gasteiger partial charge on any atom is 0.461 e. The number of amides is 1. The number of anilines is 1. The molecule has 1 amide bonds. The van der Waals surface area contributed by atoms with E-state index < -0.39 is 29.3 Å². The SMILES string of the molecule is CC1(C)OB([C@H]2C[C@@H]2c2cccc3c2C2(CCC2)C(=O)N3CC(F)(F)F)OC1(C)C. The van der Waals surface area contributed by atoms with Crippen LogP contribution in [-0.2, 0) is 19.5 Å². The molecule has 1 aromatic carbocycles. The zero-order valence-corrected chi connectivity index (χ0v) is 17.8. The molecule has 8 heteroatoms. The van der Waals surface area contributed by atoms with Crippen LogP contribution >= 0.6 is 0 Å². The Bertz CT molecular complexity index is 893. The highest BCUT2D eigenvalue weighted by Gasteiger charge is 2.63. The van der Waals surface area contributed by atoms with E-state index in [1.165, 1.54) is 0 Å². The summed E-state index contributed by atoms with van der Waals surface area (Å²) >= 11 is 0. The number of alkyl halides is 3. The van der Waals surface area contributed by atoms with Gasteiger partial charge in [-0.05, 0) is 70.1 Å². The lowest BCUT2D eigenvalue weighted by atomic mass is 9.63. The molecule has 2 saturated carbocycles. The number of carbonyl (C=O) groups is 1. The van der Waals surface area contributed by atoms with Crippen LogP contribution in [0.2, 0.25) is 5.82 Å². The molecule has 4 nitrogen and oxygen atoms in total. The number of hydrogen-bond acceptors (Lipinski definition) is 3. The minimum atomic E-state index is -4.43. The third-order valence-electron chi connectivity index (χ3n) is 7.90. The molecule has 5 rings (SSSR count). The minimum Gasteiger partial charge on any atom is -0.403 e. The number of halogens is 3. The predicted octanol–water partition coefficient (Wildman–Crippen LogP) is 4.97. The van der Waals surface area contributed by atoms with Crippen molar-refractivity contribution in [2.24, 2.45) is 0 Å². The van der Waals surface area contributed by atoms with Crippen LogP contribution in [0.1, 0.15) is 70.4 Å². The Morgan fingerprint density at radius 1 is 1.13 bits per heavy atom. The number of rotatable bonds is 3. The van der Waals surface area contributed by atoms with E-state index in [9.17, 15) is 18.0 Å². The van der Waals surface area contributed by atoms with Crippen molar-refractivity contribution < 1.29 is 27.3 Å². The van der Waals surface area contributed by atoms with E-state index in [1.807, 2.05) is 33.8 Å². The standard InChI is InChI=1S/C22H27BF3NO3/c1-19(2)20(3,4)30-23(29-19)15-11-14(15)13-7-5-8-16-17(13)21(9-6-10-21)18(28)27(16)12-22(24,25)26/h5,7-8,14-15H,6,9-12H2,1-4H3/t14-,15+/m1/s1. The number of carbonyl (C=O) groups excluding carboxylic acids is 1. The second-order valence-corrected chi connectivity index (χ2v) is 10.3. The molecule has 30 heavy (non-hydrogen) atoms. The van der Waals surface area contributed by atoms with Crippen LogP contribution in [0.3, 0.4) is 0 Å². The molecule has 2 heterocycles. The molecule has 4 aliphatic rings. The number of hydrogen-bond donors (Lipinski definition) is 0. The first-order valence-electron chi connectivity index (χ1n) is 10.7. The predicted molar refractivity (Wildman–Crippen MR) is 108 cm³/mol. The molecule has 1 spiro atoms. The summed E-state index contributed by atoms with van der Waals surface area (Å²) in [6.07, 6.45) is -1.46. The van der Waals surface area contributed by atoms with Gasteiger partial charge >= 0.3 is 13.3 Å². The van der Waals surface area contributed by atoms with Gasteiger partial charge in [0.2, 0.25) is 5.91 Å². The molecule has 0 aromatic heterocycles. The molecule has 0 radical (unpaired) electrons. The lowest BCUT2D eigenvalue weighted by Gasteiger charge is -2.38. The van der Waals surface area contributed by atoms with Crippen LogP contribution in [0.4, 0.5) is 18.9 Å². The minimum absolute atomic E-state index is 0.144. The summed E-state index contributed by atoms with van der Waals surface area (Å²) in [4.78, 5) is 14.1. The molecule has 0 unspecified atom stereocenters. The monoisotopic (exact) mass is 421 g/mol. The second kappa shape index (κ2) is 6.03. The Kier molecular flexibility index (Phi) is 4.10. The van der Waals surface area contributed by atoms with E-state index in [2.05, 4.69) is 0 Å². The van der Waals surface area contributed by atoms with Crippen molar-refractivity contribution in [2.75, 3.05) is 11.4 Å². The highest BCUT2D eigenvalue weighted by Crippen LogP contribution is 2.63. The first-order valence-corrected chi connectivity index (χ1v) is 10.7. The quantitative estimate of drug-likeness (QED) is 0.648. The Labute approximate surface area is 175 Å². The van der Waals surface area contributed by atoms with Crippen molar-refractivity contribution in [3.05, 3.63) is 29.3 Å². The highest BCUT2D eigenvalue weighted by atomic mass is 19.4. The summed E-state index contributed by atoms with van der Waals surface area (Å²) in [6, 6.07) is 5.43. The molecule has 1 aromatic rings. The van der Waals surface area contributed by atoms with Gasteiger partial charge in [-0.3, -0.25) is 4.79 Å². The largest absolute Gasteiger partial charge is 0.461 e. The maximum atomic E-state index is 13.2. The fourth-order valence-corrected chi connectivity index (χ4v) is 5.35. The van der Waals surface area contributed by atoms with E-state index in [4.69, 9.17) is 9.31 Å². The number of fused-ring (bicyclic) bond motifs is 2. The summed E-state index contributed by atoms with van der Waals surface area (Å²) in [5, 5.41) is 0. The van der Waals surface area contributed by atoms with Crippen molar-refractivity contribution >= 4 is 18.7 Å². The first-order chi connectivity index (χ1) is 13.9. The van der Waals surface area contributed by atoms with E-state index in [0.29, 0.717) is 18.5 Å². The summed E-state index contributed by atoms with van der Waals surface area (Å²) in [5.74, 6) is -0.0893. The Morgan fingerprint density at radius 3 is 2.30 bits per heavy atom. The van der Waals surface area contributed by atoms with Gasteiger partial charge in [0.1, 0.15) is 6.54 Å². The van der Waals surface area contributed by atoms with Crippen LogP contribution < -0.4 is 4.90 Å². The van der Waals surface area contributed by atoms with Crippen molar-refractivity contribution in [3.8, 4) is 0 Å². The number of benzene rings is 1. The summed E-state index contributed by atoms with van der Waals surface area (Å²) in [7, 11) is -0.337. The van der Waals surface area contributed by atoms with Crippen molar-refractivity contribution in [1.82, 2.24) is 0 Å². The fourth-order valence-electron chi connectivity index (χ4n) is 5.35. The lowest BCUT2D eigenvalue weighted by molar-refractivity contribution is -0.136. The summed E-state index contributed by atoms with van der Waals surface area (Å²) < 4.78 is 52.0. The van der Waals surface area contributed by atoms with E-state index >= 15 is 0 Å². The van der Waals surface area contributed by atoms with Gasteiger partial charge in [0.05, 0.1) is 16.6 Å². The van der Waals surface area contributed by atoms with Crippen LogP contribution in [0.25, 0.3) is 0 Å². The zero-order valence-electron chi connectivity index (χ0n) is 17.8. The lowest BCUT2D eigenvalue weighted by Crippen LogP contribution is -2.47. The normalized spacial score (nSPS) is 30.6.